The van der Waals surface area contributed by atoms with Crippen LogP contribution in [-0.4, -0.2) is 43.2 Å². The number of rotatable bonds is 4. The number of ether oxygens (including phenoxy) is 1. The lowest BCUT2D eigenvalue weighted by Gasteiger charge is -2.52. The van der Waals surface area contributed by atoms with Crippen LogP contribution >= 0.6 is 0 Å². The topological polar surface area (TPSA) is 49.4 Å². The number of carbonyl (C=O) groups is 1. The quantitative estimate of drug-likeness (QED) is 0.615. The lowest BCUT2D eigenvalue weighted by Crippen LogP contribution is -2.64. The fourth-order valence-electron chi connectivity index (χ4n) is 5.42. The summed E-state index contributed by atoms with van der Waals surface area (Å²) in [5, 5.41) is 14.0. The molecule has 3 heterocycles. The molecule has 4 nitrogen and oxygen atoms in total. The van der Waals surface area contributed by atoms with Crippen molar-refractivity contribution in [2.75, 3.05) is 26.7 Å². The number of benzene rings is 1. The van der Waals surface area contributed by atoms with Crippen LogP contribution in [0.25, 0.3) is 0 Å². The van der Waals surface area contributed by atoms with Crippen molar-refractivity contribution in [1.29, 1.82) is 0 Å². The molecule has 1 aromatic carbocycles. The third-order valence-corrected chi connectivity index (χ3v) is 7.17. The van der Waals surface area contributed by atoms with Gasteiger partial charge in [0.1, 0.15) is 6.54 Å². The molecule has 0 amide bonds. The molecule has 142 valence electrons. The Morgan fingerprint density at radius 2 is 1.73 bits per heavy atom. The van der Waals surface area contributed by atoms with E-state index in [0.717, 1.165) is 56.0 Å². The maximum absolute atomic E-state index is 14.0. The smallest absolute Gasteiger partial charge is 0.300 e. The van der Waals surface area contributed by atoms with E-state index < -0.39 is 11.6 Å². The van der Waals surface area contributed by atoms with Crippen LogP contribution in [0.15, 0.2) is 30.3 Å². The summed E-state index contributed by atoms with van der Waals surface area (Å²) in [6, 6.07) is 9.24. The average Bonchev–Trinajstić information content (AvgIpc) is 2.69. The lowest BCUT2D eigenvalue weighted by molar-refractivity contribution is -0.928. The Labute approximate surface area is 156 Å². The van der Waals surface area contributed by atoms with Crippen molar-refractivity contribution in [3.8, 4) is 0 Å². The van der Waals surface area contributed by atoms with E-state index in [1.54, 1.807) is 0 Å². The molecule has 4 heteroatoms. The highest BCUT2D eigenvalue weighted by Crippen LogP contribution is 2.40. The first kappa shape index (κ1) is 18.0. The molecule has 0 radical (unpaired) electrons. The number of piperidine rings is 3. The van der Waals surface area contributed by atoms with E-state index in [2.05, 4.69) is 7.05 Å². The van der Waals surface area contributed by atoms with Gasteiger partial charge in [0.05, 0.1) is 20.1 Å². The predicted octanol–water partition coefficient (Wildman–Crippen LogP) is 2.60. The highest BCUT2D eigenvalue weighted by molar-refractivity contribution is 5.81. The number of hydrogen-bond acceptors (Lipinski definition) is 3. The standard InChI is InChI=1S/C22H31NO3/c1-23-14-12-17(13-15-23)20(16-23)26-21(24)22(25,18-8-4-2-5-9-18)19-10-6-3-7-11-19/h2,4-5,8-9,17,19-20H,3,6-7,10-16H2,1H3/t17?,20-,22?,23?/m1/s1. The minimum atomic E-state index is -1.76. The van der Waals surface area contributed by atoms with Crippen LogP contribution < -0.4 is 5.11 Å². The number of carbonyl (C=O) groups excluding carboxylic acids is 1. The maximum Gasteiger partial charge on any atom is 0.300 e. The second-order valence-electron chi connectivity index (χ2n) is 8.97. The molecule has 3 saturated heterocycles. The number of likely N-dealkylation sites (N-methyl/N-ethyl adjacent to an activating group) is 1. The molecule has 1 aromatic rings. The van der Waals surface area contributed by atoms with E-state index in [0.29, 0.717) is 11.5 Å². The van der Waals surface area contributed by atoms with Gasteiger partial charge in [-0.1, -0.05) is 62.4 Å². The lowest BCUT2D eigenvalue weighted by atomic mass is 9.73. The summed E-state index contributed by atoms with van der Waals surface area (Å²) < 4.78 is 6.98. The summed E-state index contributed by atoms with van der Waals surface area (Å²) >= 11 is 0. The van der Waals surface area contributed by atoms with Crippen LogP contribution in [0.4, 0.5) is 0 Å². The van der Waals surface area contributed by atoms with Gasteiger partial charge in [-0.25, -0.2) is 0 Å². The number of esters is 1. The molecule has 2 atom stereocenters. The Morgan fingerprint density at radius 1 is 1.08 bits per heavy atom. The van der Waals surface area contributed by atoms with Gasteiger partial charge < -0.3 is 14.3 Å². The molecular weight excluding hydrogens is 326 g/mol. The van der Waals surface area contributed by atoms with Crippen molar-refractivity contribution >= 4 is 5.97 Å². The normalized spacial score (nSPS) is 34.2. The van der Waals surface area contributed by atoms with Crippen molar-refractivity contribution in [3.63, 3.8) is 0 Å². The molecule has 4 aliphatic rings. The Bertz CT molecular complexity index is 632. The van der Waals surface area contributed by atoms with Crippen molar-refractivity contribution in [2.45, 2.75) is 56.7 Å². The Morgan fingerprint density at radius 3 is 2.35 bits per heavy atom. The van der Waals surface area contributed by atoms with Crippen LogP contribution in [-0.2, 0) is 15.1 Å². The van der Waals surface area contributed by atoms with Gasteiger partial charge >= 0.3 is 5.97 Å². The third kappa shape index (κ3) is 3.18. The van der Waals surface area contributed by atoms with Crippen LogP contribution in [0.1, 0.15) is 50.5 Å². The van der Waals surface area contributed by atoms with E-state index in [1.807, 2.05) is 30.3 Å². The van der Waals surface area contributed by atoms with Gasteiger partial charge in [-0.05, 0) is 11.5 Å². The molecule has 0 spiro atoms. The molecule has 5 rings (SSSR count). The predicted molar refractivity (Wildman–Crippen MR) is 98.1 cm³/mol. The molecule has 1 saturated carbocycles. The molecule has 0 N–H and O–H groups in total. The molecule has 1 unspecified atom stereocenters. The molecule has 1 aliphatic carbocycles. The molecule has 4 fully saturated rings. The maximum atomic E-state index is 14.0. The minimum absolute atomic E-state index is 0.0874. The second-order valence-corrected chi connectivity index (χ2v) is 8.97. The molecule has 0 aromatic heterocycles. The van der Waals surface area contributed by atoms with E-state index in [9.17, 15) is 9.90 Å². The fraction of sp³-hybridized carbons (Fsp3) is 0.682. The number of quaternary nitrogens is 1. The Kier molecular flexibility index (Phi) is 4.83. The fourth-order valence-corrected chi connectivity index (χ4v) is 5.42. The zero-order valence-electron chi connectivity index (χ0n) is 15.9. The first-order valence-corrected chi connectivity index (χ1v) is 10.3. The Balaban J connectivity index is 1.58. The number of hydrogen-bond donors (Lipinski definition) is 0. The summed E-state index contributed by atoms with van der Waals surface area (Å²) in [4.78, 5) is 13.3. The van der Waals surface area contributed by atoms with Crippen molar-refractivity contribution in [1.82, 2.24) is 0 Å². The summed E-state index contributed by atoms with van der Waals surface area (Å²) in [7, 11) is 2.25. The second kappa shape index (κ2) is 6.97. The van der Waals surface area contributed by atoms with Gasteiger partial charge in [-0.3, -0.25) is 4.79 Å². The highest BCUT2D eigenvalue weighted by atomic mass is 16.6. The molecule has 26 heavy (non-hydrogen) atoms. The zero-order chi connectivity index (χ0) is 18.2. The number of nitrogens with zero attached hydrogens (tertiary/aromatic N) is 1. The molecule has 3 aliphatic heterocycles. The summed E-state index contributed by atoms with van der Waals surface area (Å²) in [6.45, 7) is 3.21. The van der Waals surface area contributed by atoms with Gasteiger partial charge in [0.15, 0.2) is 6.10 Å². The first-order valence-electron chi connectivity index (χ1n) is 10.3. The highest BCUT2D eigenvalue weighted by Gasteiger charge is 2.47. The summed E-state index contributed by atoms with van der Waals surface area (Å²) in [6.07, 6.45) is 7.02. The Hall–Kier alpha value is -1.39. The van der Waals surface area contributed by atoms with Gasteiger partial charge in [0, 0.05) is 24.4 Å². The van der Waals surface area contributed by atoms with Crippen molar-refractivity contribution in [3.05, 3.63) is 35.9 Å². The van der Waals surface area contributed by atoms with Crippen molar-refractivity contribution in [2.24, 2.45) is 11.8 Å². The largest absolute Gasteiger partial charge is 0.837 e. The van der Waals surface area contributed by atoms with Gasteiger partial charge in [0.25, 0.3) is 0 Å². The van der Waals surface area contributed by atoms with E-state index in [-0.39, 0.29) is 12.0 Å². The SMILES string of the molecule is C[N+]12CCC(CC1)[C@H](OC(=O)C([O-])(c1ccccc1)C1CCCCC1)C2. The zero-order valence-corrected chi connectivity index (χ0v) is 15.9. The summed E-state index contributed by atoms with van der Waals surface area (Å²) in [5.41, 5.74) is -1.18. The van der Waals surface area contributed by atoms with E-state index in [1.165, 1.54) is 13.1 Å². The van der Waals surface area contributed by atoms with Crippen LogP contribution in [0.2, 0.25) is 0 Å². The van der Waals surface area contributed by atoms with Gasteiger partial charge in [-0.2, -0.15) is 0 Å². The van der Waals surface area contributed by atoms with E-state index in [4.69, 9.17) is 4.74 Å². The number of fused-ring (bicyclic) bond motifs is 3. The minimum Gasteiger partial charge on any atom is -0.837 e. The monoisotopic (exact) mass is 357 g/mol. The van der Waals surface area contributed by atoms with Gasteiger partial charge in [0.2, 0.25) is 0 Å². The first-order chi connectivity index (χ1) is 12.5. The molecular formula is C22H31NO3. The van der Waals surface area contributed by atoms with Crippen molar-refractivity contribution < 1.29 is 19.1 Å². The third-order valence-electron chi connectivity index (χ3n) is 7.17. The summed E-state index contributed by atoms with van der Waals surface area (Å²) in [5.74, 6) is -0.247. The van der Waals surface area contributed by atoms with Gasteiger partial charge in [-0.15, -0.1) is 0 Å². The average molecular weight is 357 g/mol. The van der Waals surface area contributed by atoms with Crippen LogP contribution in [0, 0.1) is 11.8 Å². The van der Waals surface area contributed by atoms with E-state index >= 15 is 0 Å². The molecule has 2 bridgehead atoms. The van der Waals surface area contributed by atoms with Crippen LogP contribution in [0.5, 0.6) is 0 Å². The van der Waals surface area contributed by atoms with Crippen LogP contribution in [0.3, 0.4) is 0 Å².